The van der Waals surface area contributed by atoms with Crippen LogP contribution in [0, 0.1) is 5.92 Å². The van der Waals surface area contributed by atoms with E-state index in [1.807, 2.05) is 24.3 Å². The first-order chi connectivity index (χ1) is 11.2. The van der Waals surface area contributed by atoms with Crippen molar-refractivity contribution in [2.75, 3.05) is 13.2 Å². The Morgan fingerprint density at radius 3 is 2.70 bits per heavy atom. The molecule has 5 nitrogen and oxygen atoms in total. The molecule has 1 aromatic rings. The van der Waals surface area contributed by atoms with E-state index in [0.29, 0.717) is 25.9 Å². The summed E-state index contributed by atoms with van der Waals surface area (Å²) < 4.78 is 11.3. The lowest BCUT2D eigenvalue weighted by molar-refractivity contribution is -0.124. The van der Waals surface area contributed by atoms with Gasteiger partial charge in [0.2, 0.25) is 5.91 Å². The first-order valence-corrected chi connectivity index (χ1v) is 8.59. The molecule has 1 unspecified atom stereocenters. The van der Waals surface area contributed by atoms with Crippen LogP contribution in [0.15, 0.2) is 24.3 Å². The third-order valence-corrected chi connectivity index (χ3v) is 4.85. The van der Waals surface area contributed by atoms with Crippen molar-refractivity contribution in [3.05, 3.63) is 29.8 Å². The Hall–Kier alpha value is -1.59. The van der Waals surface area contributed by atoms with Gasteiger partial charge >= 0.3 is 0 Å². The zero-order valence-corrected chi connectivity index (χ0v) is 13.5. The molecule has 126 valence electrons. The van der Waals surface area contributed by atoms with Crippen LogP contribution >= 0.6 is 0 Å². The second-order valence-electron chi connectivity index (χ2n) is 6.47. The van der Waals surface area contributed by atoms with E-state index < -0.39 is 6.04 Å². The lowest BCUT2D eigenvalue weighted by Crippen LogP contribution is -2.46. The third kappa shape index (κ3) is 4.24. The fraction of sp³-hybridized carbons (Fsp3) is 0.611. The average Bonchev–Trinajstić information content (AvgIpc) is 2.57. The van der Waals surface area contributed by atoms with Gasteiger partial charge in [0, 0.05) is 25.3 Å². The molecule has 1 aliphatic carbocycles. The van der Waals surface area contributed by atoms with Gasteiger partial charge in [-0.3, -0.25) is 4.79 Å². The minimum absolute atomic E-state index is 0.0876. The molecule has 2 fully saturated rings. The monoisotopic (exact) mass is 318 g/mol. The summed E-state index contributed by atoms with van der Waals surface area (Å²) in [5.41, 5.74) is 7.11. The fourth-order valence-electron chi connectivity index (χ4n) is 3.02. The van der Waals surface area contributed by atoms with E-state index in [2.05, 4.69) is 5.32 Å². The number of benzene rings is 1. The summed E-state index contributed by atoms with van der Waals surface area (Å²) >= 11 is 0. The first kappa shape index (κ1) is 16.3. The van der Waals surface area contributed by atoms with E-state index in [0.717, 1.165) is 37.0 Å². The SMILES string of the molecule is NC(C(=O)NCc1ccccc1OC1CCC1)C1CCOCC1. The molecule has 0 radical (unpaired) electrons. The Balaban J connectivity index is 1.53. The lowest BCUT2D eigenvalue weighted by atomic mass is 9.92. The quantitative estimate of drug-likeness (QED) is 0.841. The number of carbonyl (C=O) groups is 1. The van der Waals surface area contributed by atoms with Gasteiger partial charge in [0.1, 0.15) is 5.75 Å². The largest absolute Gasteiger partial charge is 0.490 e. The van der Waals surface area contributed by atoms with E-state index in [1.54, 1.807) is 0 Å². The van der Waals surface area contributed by atoms with Gasteiger partial charge in [-0.15, -0.1) is 0 Å². The Labute approximate surface area is 137 Å². The van der Waals surface area contributed by atoms with Crippen LogP contribution < -0.4 is 15.8 Å². The Bertz CT molecular complexity index is 525. The highest BCUT2D eigenvalue weighted by Gasteiger charge is 2.26. The molecular weight excluding hydrogens is 292 g/mol. The number of rotatable bonds is 6. The summed E-state index contributed by atoms with van der Waals surface area (Å²) in [6.07, 6.45) is 5.52. The Morgan fingerprint density at radius 1 is 1.26 bits per heavy atom. The predicted octanol–water partition coefficient (Wildman–Crippen LogP) is 1.99. The molecule has 0 aromatic heterocycles. The number of amides is 1. The number of hydrogen-bond donors (Lipinski definition) is 2. The Morgan fingerprint density at radius 2 is 2.00 bits per heavy atom. The molecule has 5 heteroatoms. The molecule has 2 aliphatic rings. The van der Waals surface area contributed by atoms with Gasteiger partial charge in [0.25, 0.3) is 0 Å². The molecule has 1 saturated heterocycles. The van der Waals surface area contributed by atoms with Crippen molar-refractivity contribution in [3.8, 4) is 5.75 Å². The fourth-order valence-corrected chi connectivity index (χ4v) is 3.02. The number of nitrogens with two attached hydrogens (primary N) is 1. The van der Waals surface area contributed by atoms with Crippen molar-refractivity contribution in [2.24, 2.45) is 11.7 Å². The van der Waals surface area contributed by atoms with Crippen LogP contribution in [0.5, 0.6) is 5.75 Å². The molecule has 23 heavy (non-hydrogen) atoms. The number of hydrogen-bond acceptors (Lipinski definition) is 4. The van der Waals surface area contributed by atoms with Gasteiger partial charge < -0.3 is 20.5 Å². The molecular formula is C18H26N2O3. The maximum absolute atomic E-state index is 12.3. The molecule has 1 aliphatic heterocycles. The first-order valence-electron chi connectivity index (χ1n) is 8.59. The van der Waals surface area contributed by atoms with Crippen LogP contribution in [0.2, 0.25) is 0 Å². The second-order valence-corrected chi connectivity index (χ2v) is 6.47. The highest BCUT2D eigenvalue weighted by molar-refractivity contribution is 5.81. The molecule has 0 spiro atoms. The van der Waals surface area contributed by atoms with Crippen molar-refractivity contribution in [1.82, 2.24) is 5.32 Å². The van der Waals surface area contributed by atoms with Crippen LogP contribution in [-0.4, -0.2) is 31.3 Å². The predicted molar refractivity (Wildman–Crippen MR) is 88.1 cm³/mol. The van der Waals surface area contributed by atoms with E-state index in [4.69, 9.17) is 15.2 Å². The van der Waals surface area contributed by atoms with E-state index in [-0.39, 0.29) is 11.8 Å². The van der Waals surface area contributed by atoms with Crippen molar-refractivity contribution < 1.29 is 14.3 Å². The molecule has 3 rings (SSSR count). The number of para-hydroxylation sites is 1. The summed E-state index contributed by atoms with van der Waals surface area (Å²) in [7, 11) is 0. The summed E-state index contributed by atoms with van der Waals surface area (Å²) in [6, 6.07) is 7.44. The summed E-state index contributed by atoms with van der Waals surface area (Å²) in [5, 5.41) is 2.96. The van der Waals surface area contributed by atoms with Crippen LogP contribution in [0.25, 0.3) is 0 Å². The zero-order chi connectivity index (χ0) is 16.1. The number of carbonyl (C=O) groups excluding carboxylic acids is 1. The molecule has 1 atom stereocenters. The van der Waals surface area contributed by atoms with Gasteiger partial charge in [-0.2, -0.15) is 0 Å². The van der Waals surface area contributed by atoms with Gasteiger partial charge in [0.15, 0.2) is 0 Å². The summed E-state index contributed by atoms with van der Waals surface area (Å²) in [5.74, 6) is 0.998. The summed E-state index contributed by atoms with van der Waals surface area (Å²) in [4.78, 5) is 12.3. The molecule has 1 saturated carbocycles. The highest BCUT2D eigenvalue weighted by atomic mass is 16.5. The topological polar surface area (TPSA) is 73.6 Å². The minimum Gasteiger partial charge on any atom is -0.490 e. The lowest BCUT2D eigenvalue weighted by Gasteiger charge is -2.28. The molecule has 3 N–H and O–H groups in total. The van der Waals surface area contributed by atoms with Gasteiger partial charge in [-0.05, 0) is 44.1 Å². The summed E-state index contributed by atoms with van der Waals surface area (Å²) in [6.45, 7) is 1.85. The van der Waals surface area contributed by atoms with Crippen LogP contribution in [0.1, 0.15) is 37.7 Å². The maximum Gasteiger partial charge on any atom is 0.237 e. The zero-order valence-electron chi connectivity index (χ0n) is 13.5. The highest BCUT2D eigenvalue weighted by Crippen LogP contribution is 2.27. The molecule has 1 heterocycles. The normalized spacial score (nSPS) is 20.6. The van der Waals surface area contributed by atoms with E-state index >= 15 is 0 Å². The third-order valence-electron chi connectivity index (χ3n) is 4.85. The van der Waals surface area contributed by atoms with Crippen molar-refractivity contribution in [2.45, 2.75) is 50.8 Å². The van der Waals surface area contributed by atoms with Gasteiger partial charge in [-0.25, -0.2) is 0 Å². The average molecular weight is 318 g/mol. The van der Waals surface area contributed by atoms with Gasteiger partial charge in [0.05, 0.1) is 12.1 Å². The van der Waals surface area contributed by atoms with Crippen LogP contribution in [0.3, 0.4) is 0 Å². The van der Waals surface area contributed by atoms with Crippen LogP contribution in [0.4, 0.5) is 0 Å². The van der Waals surface area contributed by atoms with Gasteiger partial charge in [-0.1, -0.05) is 18.2 Å². The minimum atomic E-state index is -0.460. The molecule has 1 amide bonds. The number of nitrogens with one attached hydrogen (secondary N) is 1. The van der Waals surface area contributed by atoms with E-state index in [9.17, 15) is 4.79 Å². The van der Waals surface area contributed by atoms with Crippen molar-refractivity contribution in [3.63, 3.8) is 0 Å². The van der Waals surface area contributed by atoms with Crippen molar-refractivity contribution >= 4 is 5.91 Å². The number of ether oxygens (including phenoxy) is 2. The second kappa shape index (κ2) is 7.79. The molecule has 0 bridgehead atoms. The molecule has 1 aromatic carbocycles. The smallest absolute Gasteiger partial charge is 0.237 e. The van der Waals surface area contributed by atoms with E-state index in [1.165, 1.54) is 6.42 Å². The van der Waals surface area contributed by atoms with Crippen molar-refractivity contribution in [1.29, 1.82) is 0 Å². The standard InChI is InChI=1S/C18H26N2O3/c19-17(13-8-10-22-11-9-13)18(21)20-12-14-4-1-2-7-16(14)23-15-5-3-6-15/h1-2,4,7,13,15,17H,3,5-6,8-12,19H2,(H,20,21). The maximum atomic E-state index is 12.3. The Kier molecular flexibility index (Phi) is 5.51. The van der Waals surface area contributed by atoms with Crippen LogP contribution in [-0.2, 0) is 16.1 Å².